The molecule has 0 aliphatic carbocycles. The van der Waals surface area contributed by atoms with Gasteiger partial charge in [0.05, 0.1) is 12.1 Å². The maximum absolute atomic E-state index is 12.1. The quantitative estimate of drug-likeness (QED) is 0.684. The van der Waals surface area contributed by atoms with Crippen LogP contribution in [0.2, 0.25) is 0 Å². The minimum atomic E-state index is -0.139. The van der Waals surface area contributed by atoms with Gasteiger partial charge in [0, 0.05) is 49.6 Å². The lowest BCUT2D eigenvalue weighted by molar-refractivity contribution is -0.117. The molecule has 4 unspecified atom stereocenters. The summed E-state index contributed by atoms with van der Waals surface area (Å²) < 4.78 is 0. The number of rotatable bonds is 6. The van der Waals surface area contributed by atoms with Gasteiger partial charge in [0.1, 0.15) is 12.6 Å². The number of piperazine rings is 1. The first kappa shape index (κ1) is 21.2. The van der Waals surface area contributed by atoms with Crippen LogP contribution in [-0.4, -0.2) is 72.7 Å². The summed E-state index contributed by atoms with van der Waals surface area (Å²) in [7, 11) is 0. The molecule has 4 atom stereocenters. The molecule has 32 heavy (non-hydrogen) atoms. The van der Waals surface area contributed by atoms with Gasteiger partial charge in [-0.2, -0.15) is 0 Å². The Morgan fingerprint density at radius 2 is 1.09 bits per heavy atom. The number of aryl methyl sites for hydroxylation is 2. The first-order chi connectivity index (χ1) is 15.8. The van der Waals surface area contributed by atoms with Crippen LogP contribution in [0.3, 0.4) is 0 Å². The van der Waals surface area contributed by atoms with Crippen LogP contribution in [0.25, 0.3) is 0 Å². The van der Waals surface area contributed by atoms with E-state index in [1.165, 1.54) is 11.1 Å². The van der Waals surface area contributed by atoms with E-state index in [2.05, 4.69) is 56.8 Å². The number of aldehydes is 2. The second-order valence-corrected chi connectivity index (χ2v) is 9.22. The van der Waals surface area contributed by atoms with Crippen LogP contribution in [0, 0.1) is 0 Å². The monoisotopic (exact) mass is 432 g/mol. The lowest BCUT2D eigenvalue weighted by Gasteiger charge is -2.44. The summed E-state index contributed by atoms with van der Waals surface area (Å²) in [4.78, 5) is 28.8. The highest BCUT2D eigenvalue weighted by molar-refractivity contribution is 5.64. The lowest BCUT2D eigenvalue weighted by atomic mass is 9.92. The van der Waals surface area contributed by atoms with E-state index in [0.29, 0.717) is 0 Å². The molecular formula is C26H32N4O2. The van der Waals surface area contributed by atoms with Crippen LogP contribution < -0.4 is 10.6 Å². The van der Waals surface area contributed by atoms with E-state index in [1.807, 2.05) is 12.1 Å². The molecule has 2 aromatic carbocycles. The van der Waals surface area contributed by atoms with Crippen LogP contribution in [0.4, 0.5) is 11.4 Å². The fraction of sp³-hybridized carbons (Fsp3) is 0.462. The molecule has 3 heterocycles. The van der Waals surface area contributed by atoms with Crippen molar-refractivity contribution in [3.05, 3.63) is 59.7 Å². The SMILES string of the molecule is O=CC(C1CCc2ccccc2N1)N1CCN(C(C=O)C2CCc3ccccc3N2)CC1. The van der Waals surface area contributed by atoms with Gasteiger partial charge in [-0.05, 0) is 48.9 Å². The summed E-state index contributed by atoms with van der Waals surface area (Å²) in [6.45, 7) is 3.21. The normalized spacial score (nSPS) is 25.4. The van der Waals surface area contributed by atoms with Crippen LogP contribution >= 0.6 is 0 Å². The summed E-state index contributed by atoms with van der Waals surface area (Å²) in [5.41, 5.74) is 4.96. The fourth-order valence-electron chi connectivity index (χ4n) is 5.64. The van der Waals surface area contributed by atoms with Gasteiger partial charge in [-0.1, -0.05) is 36.4 Å². The molecule has 0 spiro atoms. The van der Waals surface area contributed by atoms with Gasteiger partial charge in [-0.15, -0.1) is 0 Å². The van der Waals surface area contributed by atoms with Gasteiger partial charge in [0.2, 0.25) is 0 Å². The Hall–Kier alpha value is -2.70. The van der Waals surface area contributed by atoms with Crippen LogP contribution in [-0.2, 0) is 22.4 Å². The summed E-state index contributed by atoms with van der Waals surface area (Å²) in [6, 6.07) is 16.7. The average Bonchev–Trinajstić information content (AvgIpc) is 2.86. The molecule has 168 valence electrons. The van der Waals surface area contributed by atoms with Crippen molar-refractivity contribution < 1.29 is 9.59 Å². The minimum Gasteiger partial charge on any atom is -0.380 e. The Morgan fingerprint density at radius 1 is 0.688 bits per heavy atom. The molecule has 1 saturated heterocycles. The number of benzene rings is 2. The van der Waals surface area contributed by atoms with Gasteiger partial charge in [0.25, 0.3) is 0 Å². The summed E-state index contributed by atoms with van der Waals surface area (Å²) in [5, 5.41) is 7.20. The Labute approximate surface area is 190 Å². The Morgan fingerprint density at radius 3 is 1.50 bits per heavy atom. The van der Waals surface area contributed by atoms with E-state index < -0.39 is 0 Å². The van der Waals surface area contributed by atoms with Gasteiger partial charge in [-0.3, -0.25) is 9.80 Å². The molecule has 3 aliphatic rings. The molecule has 2 aromatic rings. The van der Waals surface area contributed by atoms with Crippen molar-refractivity contribution in [1.82, 2.24) is 9.80 Å². The number of anilines is 2. The van der Waals surface area contributed by atoms with E-state index >= 15 is 0 Å². The maximum atomic E-state index is 12.1. The molecule has 2 N–H and O–H groups in total. The van der Waals surface area contributed by atoms with Gasteiger partial charge >= 0.3 is 0 Å². The summed E-state index contributed by atoms with van der Waals surface area (Å²) in [6.07, 6.45) is 6.14. The number of para-hydroxylation sites is 2. The number of hydrogen-bond acceptors (Lipinski definition) is 6. The third-order valence-electron chi connectivity index (χ3n) is 7.46. The average molecular weight is 433 g/mol. The second kappa shape index (κ2) is 9.43. The fourth-order valence-corrected chi connectivity index (χ4v) is 5.64. The highest BCUT2D eigenvalue weighted by Crippen LogP contribution is 2.29. The number of hydrogen-bond donors (Lipinski definition) is 2. The highest BCUT2D eigenvalue weighted by atomic mass is 16.1. The molecule has 6 heteroatoms. The van der Waals surface area contributed by atoms with Gasteiger partial charge in [0.15, 0.2) is 0 Å². The third-order valence-corrected chi connectivity index (χ3v) is 7.46. The van der Waals surface area contributed by atoms with E-state index in [-0.39, 0.29) is 24.2 Å². The standard InChI is InChI=1S/C26H32N4O2/c31-17-25(23-11-9-19-5-1-3-7-21(19)27-23)29-13-15-30(16-14-29)26(18-32)24-12-10-20-6-2-4-8-22(20)28-24/h1-8,17-18,23-28H,9-16H2. The zero-order chi connectivity index (χ0) is 21.9. The lowest BCUT2D eigenvalue weighted by Crippen LogP contribution is -2.60. The second-order valence-electron chi connectivity index (χ2n) is 9.22. The number of nitrogens with zero attached hydrogens (tertiary/aromatic N) is 2. The van der Waals surface area contributed by atoms with Crippen molar-refractivity contribution in [2.45, 2.75) is 49.9 Å². The van der Waals surface area contributed by atoms with Crippen molar-refractivity contribution in [2.24, 2.45) is 0 Å². The topological polar surface area (TPSA) is 64.7 Å². The van der Waals surface area contributed by atoms with E-state index in [9.17, 15) is 9.59 Å². The number of fused-ring (bicyclic) bond motifs is 2. The predicted molar refractivity (Wildman–Crippen MR) is 127 cm³/mol. The summed E-state index contributed by atoms with van der Waals surface area (Å²) >= 11 is 0. The molecule has 5 rings (SSSR count). The zero-order valence-corrected chi connectivity index (χ0v) is 18.5. The van der Waals surface area contributed by atoms with Crippen LogP contribution in [0.5, 0.6) is 0 Å². The molecule has 0 bridgehead atoms. The Bertz CT molecular complexity index is 879. The van der Waals surface area contributed by atoms with Crippen molar-refractivity contribution in [3.63, 3.8) is 0 Å². The molecule has 0 aromatic heterocycles. The first-order valence-corrected chi connectivity index (χ1v) is 11.8. The van der Waals surface area contributed by atoms with Crippen molar-refractivity contribution in [1.29, 1.82) is 0 Å². The Kier molecular flexibility index (Phi) is 6.23. The van der Waals surface area contributed by atoms with Crippen LogP contribution in [0.1, 0.15) is 24.0 Å². The van der Waals surface area contributed by atoms with E-state index in [0.717, 1.165) is 75.8 Å². The number of nitrogens with one attached hydrogen (secondary N) is 2. The maximum Gasteiger partial charge on any atom is 0.139 e. The van der Waals surface area contributed by atoms with Crippen molar-refractivity contribution >= 4 is 23.9 Å². The van der Waals surface area contributed by atoms with E-state index in [1.54, 1.807) is 0 Å². The number of carbonyl (C=O) groups is 2. The van der Waals surface area contributed by atoms with Crippen LogP contribution in [0.15, 0.2) is 48.5 Å². The van der Waals surface area contributed by atoms with Crippen molar-refractivity contribution in [3.8, 4) is 0 Å². The first-order valence-electron chi connectivity index (χ1n) is 11.8. The van der Waals surface area contributed by atoms with E-state index in [4.69, 9.17) is 0 Å². The number of carbonyl (C=O) groups excluding carboxylic acids is 2. The largest absolute Gasteiger partial charge is 0.380 e. The smallest absolute Gasteiger partial charge is 0.139 e. The van der Waals surface area contributed by atoms with Gasteiger partial charge in [-0.25, -0.2) is 0 Å². The molecular weight excluding hydrogens is 400 g/mol. The molecule has 1 fully saturated rings. The molecule has 0 amide bonds. The predicted octanol–water partition coefficient (Wildman–Crippen LogP) is 2.59. The van der Waals surface area contributed by atoms with Crippen molar-refractivity contribution in [2.75, 3.05) is 36.8 Å². The molecule has 0 radical (unpaired) electrons. The Balaban J connectivity index is 1.20. The third kappa shape index (κ3) is 4.17. The molecule has 3 aliphatic heterocycles. The molecule has 0 saturated carbocycles. The zero-order valence-electron chi connectivity index (χ0n) is 18.5. The molecule has 6 nitrogen and oxygen atoms in total. The summed E-state index contributed by atoms with van der Waals surface area (Å²) in [5.74, 6) is 0. The highest BCUT2D eigenvalue weighted by Gasteiger charge is 2.36. The minimum absolute atomic E-state index is 0.132. The van der Waals surface area contributed by atoms with Gasteiger partial charge < -0.3 is 20.2 Å².